The summed E-state index contributed by atoms with van der Waals surface area (Å²) in [6, 6.07) is 0. The van der Waals surface area contributed by atoms with E-state index >= 15 is 0 Å². The molecule has 0 spiro atoms. The van der Waals surface area contributed by atoms with E-state index in [-0.39, 0.29) is 0 Å². The number of esters is 1. The smallest absolute Gasteiger partial charge is 0.335 e. The fourth-order valence-corrected chi connectivity index (χ4v) is 1.79. The van der Waals surface area contributed by atoms with Gasteiger partial charge in [0, 0.05) is 12.5 Å². The predicted octanol–water partition coefficient (Wildman–Crippen LogP) is 3.00. The van der Waals surface area contributed by atoms with Gasteiger partial charge >= 0.3 is 5.97 Å². The number of rotatable bonds is 8. The first-order valence-electron chi connectivity index (χ1n) is 7.63. The first kappa shape index (κ1) is 15.9. The Hall–Kier alpha value is -1.43. The normalized spacial score (nSPS) is 17.8. The molecular weight excluding hydrogens is 272 g/mol. The molecule has 6 heteroatoms. The van der Waals surface area contributed by atoms with E-state index in [4.69, 9.17) is 14.0 Å². The van der Waals surface area contributed by atoms with Crippen LogP contribution in [-0.2, 0) is 14.3 Å². The van der Waals surface area contributed by atoms with E-state index in [1.54, 1.807) is 13.8 Å². The lowest BCUT2D eigenvalue weighted by molar-refractivity contribution is -0.162. The SMILES string of the molecule is CC(C)CCOC(C)C(=O)OC(C)c1nc(C2CC2)no1. The lowest BCUT2D eigenvalue weighted by atomic mass is 10.1. The van der Waals surface area contributed by atoms with Crippen LogP contribution in [-0.4, -0.2) is 28.8 Å². The van der Waals surface area contributed by atoms with E-state index < -0.39 is 18.2 Å². The van der Waals surface area contributed by atoms with Crippen LogP contribution in [0.5, 0.6) is 0 Å². The molecule has 0 amide bonds. The fourth-order valence-electron chi connectivity index (χ4n) is 1.79. The Balaban J connectivity index is 1.77. The van der Waals surface area contributed by atoms with Gasteiger partial charge in [0.1, 0.15) is 0 Å². The van der Waals surface area contributed by atoms with Gasteiger partial charge in [-0.3, -0.25) is 0 Å². The number of carbonyl (C=O) groups excluding carboxylic acids is 1. The Morgan fingerprint density at radius 3 is 2.67 bits per heavy atom. The molecule has 2 unspecified atom stereocenters. The average molecular weight is 296 g/mol. The molecule has 1 aliphatic carbocycles. The Morgan fingerprint density at radius 1 is 1.33 bits per heavy atom. The molecule has 1 aromatic rings. The molecule has 1 aliphatic rings. The zero-order valence-corrected chi connectivity index (χ0v) is 13.2. The predicted molar refractivity (Wildman–Crippen MR) is 75.6 cm³/mol. The molecule has 0 N–H and O–H groups in total. The second-order valence-electron chi connectivity index (χ2n) is 6.04. The molecule has 1 aromatic heterocycles. The lowest BCUT2D eigenvalue weighted by Gasteiger charge is -2.15. The van der Waals surface area contributed by atoms with Crippen molar-refractivity contribution in [1.82, 2.24) is 10.1 Å². The maximum Gasteiger partial charge on any atom is 0.335 e. The van der Waals surface area contributed by atoms with Crippen molar-refractivity contribution >= 4 is 5.97 Å². The van der Waals surface area contributed by atoms with Gasteiger partial charge in [-0.25, -0.2) is 4.79 Å². The number of hydrogen-bond donors (Lipinski definition) is 0. The van der Waals surface area contributed by atoms with Crippen LogP contribution < -0.4 is 0 Å². The van der Waals surface area contributed by atoms with Crippen LogP contribution in [0.15, 0.2) is 4.52 Å². The number of aromatic nitrogens is 2. The third-order valence-corrected chi connectivity index (χ3v) is 3.44. The monoisotopic (exact) mass is 296 g/mol. The highest BCUT2D eigenvalue weighted by Crippen LogP contribution is 2.38. The Kier molecular flexibility index (Phi) is 5.33. The summed E-state index contributed by atoms with van der Waals surface area (Å²) in [5.41, 5.74) is 0. The molecule has 0 radical (unpaired) electrons. The average Bonchev–Trinajstić information content (AvgIpc) is 3.15. The molecule has 0 bridgehead atoms. The van der Waals surface area contributed by atoms with Gasteiger partial charge in [-0.2, -0.15) is 4.98 Å². The number of nitrogens with zero attached hydrogens (tertiary/aromatic N) is 2. The highest BCUT2D eigenvalue weighted by atomic mass is 16.6. The van der Waals surface area contributed by atoms with Crippen molar-refractivity contribution in [3.63, 3.8) is 0 Å². The highest BCUT2D eigenvalue weighted by Gasteiger charge is 2.30. The summed E-state index contributed by atoms with van der Waals surface area (Å²) in [5.74, 6) is 1.63. The second-order valence-corrected chi connectivity index (χ2v) is 6.04. The molecule has 0 aromatic carbocycles. The minimum absolute atomic E-state index is 0.347. The van der Waals surface area contributed by atoms with Crippen LogP contribution in [0.4, 0.5) is 0 Å². The van der Waals surface area contributed by atoms with Gasteiger partial charge in [0.05, 0.1) is 0 Å². The summed E-state index contributed by atoms with van der Waals surface area (Å²) in [6.07, 6.45) is 1.99. The maximum atomic E-state index is 11.9. The summed E-state index contributed by atoms with van der Waals surface area (Å²) >= 11 is 0. The fraction of sp³-hybridized carbons (Fsp3) is 0.800. The Morgan fingerprint density at radius 2 is 2.05 bits per heavy atom. The third-order valence-electron chi connectivity index (χ3n) is 3.44. The van der Waals surface area contributed by atoms with Crippen LogP contribution in [0, 0.1) is 5.92 Å². The van der Waals surface area contributed by atoms with Crippen molar-refractivity contribution in [3.05, 3.63) is 11.7 Å². The van der Waals surface area contributed by atoms with Gasteiger partial charge in [0.2, 0.25) is 0 Å². The minimum atomic E-state index is -0.586. The van der Waals surface area contributed by atoms with E-state index in [0.29, 0.717) is 30.2 Å². The summed E-state index contributed by atoms with van der Waals surface area (Å²) in [7, 11) is 0. The molecule has 2 rings (SSSR count). The zero-order chi connectivity index (χ0) is 15.4. The van der Waals surface area contributed by atoms with Gasteiger partial charge in [0.15, 0.2) is 18.0 Å². The summed E-state index contributed by atoms with van der Waals surface area (Å²) in [6.45, 7) is 8.19. The molecule has 6 nitrogen and oxygen atoms in total. The molecule has 1 fully saturated rings. The zero-order valence-electron chi connectivity index (χ0n) is 13.2. The van der Waals surface area contributed by atoms with Crippen LogP contribution in [0.2, 0.25) is 0 Å². The van der Waals surface area contributed by atoms with Crippen LogP contribution >= 0.6 is 0 Å². The largest absolute Gasteiger partial charge is 0.451 e. The molecule has 1 heterocycles. The number of carbonyl (C=O) groups is 1. The molecular formula is C15H24N2O4. The van der Waals surface area contributed by atoms with Gasteiger partial charge < -0.3 is 14.0 Å². The van der Waals surface area contributed by atoms with Gasteiger partial charge in [0.25, 0.3) is 5.89 Å². The highest BCUT2D eigenvalue weighted by molar-refractivity contribution is 5.74. The van der Waals surface area contributed by atoms with Crippen molar-refractivity contribution in [2.75, 3.05) is 6.61 Å². The van der Waals surface area contributed by atoms with Crippen LogP contribution in [0.25, 0.3) is 0 Å². The van der Waals surface area contributed by atoms with Gasteiger partial charge in [-0.1, -0.05) is 19.0 Å². The summed E-state index contributed by atoms with van der Waals surface area (Å²) in [5, 5.41) is 3.91. The Bertz CT molecular complexity index is 468. The standard InChI is InChI=1S/C15H24N2O4/c1-9(2)7-8-19-11(4)15(18)20-10(3)14-16-13(17-21-14)12-5-6-12/h9-12H,5-8H2,1-4H3. The van der Waals surface area contributed by atoms with Crippen LogP contribution in [0.3, 0.4) is 0 Å². The molecule has 1 saturated carbocycles. The Labute approximate surface area is 125 Å². The van der Waals surface area contributed by atoms with E-state index in [0.717, 1.165) is 19.3 Å². The molecule has 0 saturated heterocycles. The van der Waals surface area contributed by atoms with E-state index in [1.807, 2.05) is 0 Å². The summed E-state index contributed by atoms with van der Waals surface area (Å²) in [4.78, 5) is 16.2. The lowest BCUT2D eigenvalue weighted by Crippen LogP contribution is -2.25. The molecule has 21 heavy (non-hydrogen) atoms. The molecule has 2 atom stereocenters. The quantitative estimate of drug-likeness (QED) is 0.686. The topological polar surface area (TPSA) is 74.5 Å². The molecule has 0 aliphatic heterocycles. The number of ether oxygens (including phenoxy) is 2. The summed E-state index contributed by atoms with van der Waals surface area (Å²) < 4.78 is 15.9. The van der Waals surface area contributed by atoms with Gasteiger partial charge in [-0.05, 0) is 39.0 Å². The maximum absolute atomic E-state index is 11.9. The van der Waals surface area contributed by atoms with E-state index in [2.05, 4.69) is 24.0 Å². The van der Waals surface area contributed by atoms with Crippen molar-refractivity contribution in [1.29, 1.82) is 0 Å². The minimum Gasteiger partial charge on any atom is -0.451 e. The van der Waals surface area contributed by atoms with Crippen molar-refractivity contribution in [3.8, 4) is 0 Å². The van der Waals surface area contributed by atoms with Crippen molar-refractivity contribution in [2.45, 2.75) is 65.1 Å². The van der Waals surface area contributed by atoms with E-state index in [9.17, 15) is 4.79 Å². The van der Waals surface area contributed by atoms with E-state index in [1.165, 1.54) is 0 Å². The third kappa shape index (κ3) is 4.81. The van der Waals surface area contributed by atoms with Crippen molar-refractivity contribution < 1.29 is 18.8 Å². The second kappa shape index (κ2) is 7.02. The molecule has 118 valence electrons. The van der Waals surface area contributed by atoms with Crippen LogP contribution in [0.1, 0.15) is 70.7 Å². The van der Waals surface area contributed by atoms with Crippen molar-refractivity contribution in [2.24, 2.45) is 5.92 Å². The number of hydrogen-bond acceptors (Lipinski definition) is 6. The first-order chi connectivity index (χ1) is 9.97. The first-order valence-corrected chi connectivity index (χ1v) is 7.63. The van der Waals surface area contributed by atoms with Gasteiger partial charge in [-0.15, -0.1) is 0 Å².